The molecule has 0 atom stereocenters. The van der Waals surface area contributed by atoms with E-state index in [9.17, 15) is 9.18 Å². The highest BCUT2D eigenvalue weighted by atomic mass is 32.2. The Morgan fingerprint density at radius 1 is 1.25 bits per heavy atom. The minimum atomic E-state index is -0.498. The maximum atomic E-state index is 12.9. The third-order valence-electron chi connectivity index (χ3n) is 4.05. The molecule has 0 aliphatic carbocycles. The lowest BCUT2D eigenvalue weighted by Crippen LogP contribution is -2.04. The fraction of sp³-hybridized carbons (Fsp3) is 0.150. The molecule has 0 aliphatic rings. The monoisotopic (exact) mass is 456 g/mol. The van der Waals surface area contributed by atoms with Crippen LogP contribution >= 0.6 is 11.8 Å². The van der Waals surface area contributed by atoms with Crippen molar-refractivity contribution in [1.29, 1.82) is 0 Å². The normalized spacial score (nSPS) is 11.2. The first kappa shape index (κ1) is 21.3. The molecule has 4 rings (SSSR count). The molecule has 0 N–H and O–H groups in total. The molecule has 32 heavy (non-hydrogen) atoms. The predicted octanol–water partition coefficient (Wildman–Crippen LogP) is 3.20. The summed E-state index contributed by atoms with van der Waals surface area (Å²) in [5.41, 5.74) is 0.226. The highest BCUT2D eigenvalue weighted by Gasteiger charge is 2.10. The molecule has 0 saturated carbocycles. The van der Waals surface area contributed by atoms with Gasteiger partial charge in [0.1, 0.15) is 36.0 Å². The third kappa shape index (κ3) is 5.40. The molecule has 1 aromatic carbocycles. The van der Waals surface area contributed by atoms with Crippen LogP contribution < -0.4 is 4.74 Å². The molecule has 0 spiro atoms. The lowest BCUT2D eigenvalue weighted by atomic mass is 10.3. The average Bonchev–Trinajstić information content (AvgIpc) is 3.56. The highest BCUT2D eigenvalue weighted by molar-refractivity contribution is 7.98. The van der Waals surface area contributed by atoms with Gasteiger partial charge in [-0.3, -0.25) is 4.68 Å². The van der Waals surface area contributed by atoms with Crippen LogP contribution in [-0.2, 0) is 17.2 Å². The van der Waals surface area contributed by atoms with Gasteiger partial charge in [0, 0.05) is 6.20 Å². The van der Waals surface area contributed by atoms with E-state index in [1.165, 1.54) is 48.2 Å². The van der Waals surface area contributed by atoms with Crippen LogP contribution in [0.25, 0.3) is 0 Å². The second-order valence-electron chi connectivity index (χ2n) is 6.25. The summed E-state index contributed by atoms with van der Waals surface area (Å²) < 4.78 is 31.9. The number of furan rings is 1. The van der Waals surface area contributed by atoms with Crippen LogP contribution in [0.3, 0.4) is 0 Å². The number of aromatic nitrogens is 5. The van der Waals surface area contributed by atoms with Crippen LogP contribution in [0, 0.1) is 5.82 Å². The SMILES string of the molecule is COC(=O)c1ccn(CSc2nncn2/N=C/c2ccc(COc3ccc(F)cc3)o2)n1. The molecule has 10 nitrogen and oxygen atoms in total. The first-order valence-electron chi connectivity index (χ1n) is 9.27. The van der Waals surface area contributed by atoms with Crippen molar-refractivity contribution in [2.45, 2.75) is 17.6 Å². The molecule has 0 bridgehead atoms. The number of halogens is 1. The maximum Gasteiger partial charge on any atom is 0.358 e. The number of hydrogen-bond acceptors (Lipinski definition) is 9. The minimum absolute atomic E-state index is 0.199. The Kier molecular flexibility index (Phi) is 6.60. The van der Waals surface area contributed by atoms with Gasteiger partial charge in [0.15, 0.2) is 5.69 Å². The van der Waals surface area contributed by atoms with Crippen molar-refractivity contribution in [3.63, 3.8) is 0 Å². The number of ether oxygens (including phenoxy) is 2. The number of rotatable bonds is 9. The Morgan fingerprint density at radius 3 is 2.91 bits per heavy atom. The molecule has 0 unspecified atom stereocenters. The average molecular weight is 456 g/mol. The number of benzene rings is 1. The summed E-state index contributed by atoms with van der Waals surface area (Å²) in [6.45, 7) is 0.199. The molecule has 3 aromatic heterocycles. The number of methoxy groups -OCH3 is 1. The Labute approximate surface area is 185 Å². The van der Waals surface area contributed by atoms with Crippen LogP contribution in [0.4, 0.5) is 4.39 Å². The number of carbonyl (C=O) groups is 1. The number of nitrogens with zero attached hydrogens (tertiary/aromatic N) is 6. The summed E-state index contributed by atoms with van der Waals surface area (Å²) in [6, 6.07) is 10.8. The van der Waals surface area contributed by atoms with Crippen molar-refractivity contribution in [3.8, 4) is 5.75 Å². The standard InChI is InChI=1S/C20H17FN6O4S/c1-29-19(28)18-8-9-26(25-18)13-32-20-24-22-12-27(20)23-10-16-6-7-17(31-16)11-30-15-4-2-14(21)3-5-15/h2-10,12H,11,13H2,1H3/b23-10+. The molecule has 4 aromatic rings. The Hall–Kier alpha value is -3.93. The fourth-order valence-electron chi connectivity index (χ4n) is 2.51. The fourth-order valence-corrected chi connectivity index (χ4v) is 3.23. The van der Waals surface area contributed by atoms with Crippen LogP contribution in [-0.4, -0.2) is 43.9 Å². The van der Waals surface area contributed by atoms with E-state index in [2.05, 4.69) is 25.1 Å². The second kappa shape index (κ2) is 9.92. The van der Waals surface area contributed by atoms with Crippen molar-refractivity contribution in [2.24, 2.45) is 5.10 Å². The van der Waals surface area contributed by atoms with Gasteiger partial charge in [-0.2, -0.15) is 14.9 Å². The lowest BCUT2D eigenvalue weighted by molar-refractivity contribution is 0.0593. The van der Waals surface area contributed by atoms with E-state index in [-0.39, 0.29) is 18.1 Å². The van der Waals surface area contributed by atoms with Gasteiger partial charge in [-0.05, 0) is 42.5 Å². The zero-order valence-electron chi connectivity index (χ0n) is 16.8. The molecule has 0 aliphatic heterocycles. The van der Waals surface area contributed by atoms with Gasteiger partial charge in [0.2, 0.25) is 5.16 Å². The van der Waals surface area contributed by atoms with E-state index in [4.69, 9.17) is 9.15 Å². The zero-order valence-corrected chi connectivity index (χ0v) is 17.6. The smallest absolute Gasteiger partial charge is 0.358 e. The van der Waals surface area contributed by atoms with Crippen molar-refractivity contribution in [2.75, 3.05) is 7.11 Å². The molecular formula is C20H17FN6O4S. The predicted molar refractivity (Wildman–Crippen MR) is 112 cm³/mol. The van der Waals surface area contributed by atoms with E-state index in [1.54, 1.807) is 41.2 Å². The Balaban J connectivity index is 1.32. The van der Waals surface area contributed by atoms with Gasteiger partial charge in [-0.1, -0.05) is 11.8 Å². The zero-order chi connectivity index (χ0) is 22.3. The third-order valence-corrected chi connectivity index (χ3v) is 4.97. The van der Waals surface area contributed by atoms with E-state index in [0.717, 1.165) is 0 Å². The van der Waals surface area contributed by atoms with Gasteiger partial charge in [0.05, 0.1) is 19.2 Å². The van der Waals surface area contributed by atoms with Crippen LogP contribution in [0.15, 0.2) is 69.7 Å². The molecule has 0 fully saturated rings. The first-order valence-corrected chi connectivity index (χ1v) is 10.3. The molecule has 0 saturated heterocycles. The van der Waals surface area contributed by atoms with E-state index in [1.807, 2.05) is 0 Å². The van der Waals surface area contributed by atoms with Crippen molar-refractivity contribution >= 4 is 23.9 Å². The molecule has 0 radical (unpaired) electrons. The first-order chi connectivity index (χ1) is 15.6. The number of hydrogen-bond donors (Lipinski definition) is 0. The van der Waals surface area contributed by atoms with Gasteiger partial charge < -0.3 is 13.9 Å². The highest BCUT2D eigenvalue weighted by Crippen LogP contribution is 2.18. The number of thioether (sulfide) groups is 1. The molecule has 3 heterocycles. The van der Waals surface area contributed by atoms with Crippen molar-refractivity contribution < 1.29 is 23.1 Å². The lowest BCUT2D eigenvalue weighted by Gasteiger charge is -2.03. The largest absolute Gasteiger partial charge is 0.486 e. The second-order valence-corrected chi connectivity index (χ2v) is 7.17. The minimum Gasteiger partial charge on any atom is -0.486 e. The molecule has 0 amide bonds. The van der Waals surface area contributed by atoms with Crippen LogP contribution in [0.1, 0.15) is 22.0 Å². The van der Waals surface area contributed by atoms with Gasteiger partial charge in [0.25, 0.3) is 0 Å². The summed E-state index contributed by atoms with van der Waals surface area (Å²) in [6.07, 6.45) is 4.66. The summed E-state index contributed by atoms with van der Waals surface area (Å²) >= 11 is 1.33. The maximum absolute atomic E-state index is 12.9. The molecule has 164 valence electrons. The Morgan fingerprint density at radius 2 is 2.09 bits per heavy atom. The number of esters is 1. The van der Waals surface area contributed by atoms with E-state index in [0.29, 0.717) is 28.3 Å². The van der Waals surface area contributed by atoms with Gasteiger partial charge >= 0.3 is 5.97 Å². The summed E-state index contributed by atoms with van der Waals surface area (Å²) in [5.74, 6) is 1.23. The number of carbonyl (C=O) groups excluding carboxylic acids is 1. The van der Waals surface area contributed by atoms with E-state index < -0.39 is 5.97 Å². The van der Waals surface area contributed by atoms with Crippen LogP contribution in [0.2, 0.25) is 0 Å². The topological polar surface area (TPSA) is 110 Å². The Bertz CT molecular complexity index is 1220. The van der Waals surface area contributed by atoms with Crippen molar-refractivity contribution in [1.82, 2.24) is 24.7 Å². The molecular weight excluding hydrogens is 439 g/mol. The van der Waals surface area contributed by atoms with Crippen LogP contribution in [0.5, 0.6) is 5.75 Å². The quantitative estimate of drug-likeness (QED) is 0.215. The summed E-state index contributed by atoms with van der Waals surface area (Å²) in [4.78, 5) is 11.5. The summed E-state index contributed by atoms with van der Waals surface area (Å²) in [7, 11) is 1.30. The van der Waals surface area contributed by atoms with Gasteiger partial charge in [-0.15, -0.1) is 10.2 Å². The van der Waals surface area contributed by atoms with Crippen molar-refractivity contribution in [3.05, 3.63) is 78.0 Å². The van der Waals surface area contributed by atoms with Gasteiger partial charge in [-0.25, -0.2) is 9.18 Å². The van der Waals surface area contributed by atoms with E-state index >= 15 is 0 Å². The molecule has 12 heteroatoms. The summed E-state index contributed by atoms with van der Waals surface area (Å²) in [5, 5.41) is 16.9.